The number of carbonyl (C=O) groups excluding carboxylic acids is 1. The number of sulfonamides is 1. The standard InChI is InChI=1S/C17H17NO4S/c1-11-9-14(17(19)20)10-16(12(11)2)23(21,22)18-8-7-13-5-3-4-6-15(13)18/h3-6,9-10H,7-8H2,1-2H3,(H,19,20)/p-1. The molecule has 120 valence electrons. The molecule has 0 aromatic heterocycles. The topological polar surface area (TPSA) is 77.5 Å². The molecule has 0 spiro atoms. The molecule has 0 saturated carbocycles. The molecule has 0 bridgehead atoms. The summed E-state index contributed by atoms with van der Waals surface area (Å²) in [7, 11) is -3.82. The maximum atomic E-state index is 13.1. The van der Waals surface area contributed by atoms with E-state index in [9.17, 15) is 18.3 Å². The summed E-state index contributed by atoms with van der Waals surface area (Å²) in [5.41, 5.74) is 2.67. The third-order valence-corrected chi connectivity index (χ3v) is 6.21. The van der Waals surface area contributed by atoms with E-state index in [0.717, 1.165) is 5.56 Å². The Morgan fingerprint density at radius 2 is 1.87 bits per heavy atom. The van der Waals surface area contributed by atoms with Gasteiger partial charge in [-0.2, -0.15) is 0 Å². The van der Waals surface area contributed by atoms with Gasteiger partial charge in [0, 0.05) is 6.54 Å². The molecular weight excluding hydrogens is 314 g/mol. The highest BCUT2D eigenvalue weighted by atomic mass is 32.2. The second kappa shape index (κ2) is 5.38. The first-order valence-electron chi connectivity index (χ1n) is 7.25. The van der Waals surface area contributed by atoms with Crippen LogP contribution in [0, 0.1) is 13.8 Å². The van der Waals surface area contributed by atoms with Crippen molar-refractivity contribution in [1.29, 1.82) is 0 Å². The first-order valence-corrected chi connectivity index (χ1v) is 8.69. The number of carboxylic acids is 1. The summed E-state index contributed by atoms with van der Waals surface area (Å²) in [5.74, 6) is -1.38. The van der Waals surface area contributed by atoms with Gasteiger partial charge >= 0.3 is 0 Å². The minimum atomic E-state index is -3.82. The molecule has 0 atom stereocenters. The van der Waals surface area contributed by atoms with Crippen LogP contribution in [0.3, 0.4) is 0 Å². The molecule has 0 N–H and O–H groups in total. The summed E-state index contributed by atoms with van der Waals surface area (Å²) < 4.78 is 27.5. The lowest BCUT2D eigenvalue weighted by Gasteiger charge is -2.22. The molecule has 6 heteroatoms. The molecule has 1 heterocycles. The van der Waals surface area contributed by atoms with Crippen LogP contribution in [0.4, 0.5) is 5.69 Å². The lowest BCUT2D eigenvalue weighted by atomic mass is 10.1. The molecule has 3 rings (SSSR count). The average Bonchev–Trinajstić information content (AvgIpc) is 2.94. The summed E-state index contributed by atoms with van der Waals surface area (Å²) in [6.07, 6.45) is 0.646. The second-order valence-corrected chi connectivity index (χ2v) is 7.49. The van der Waals surface area contributed by atoms with Crippen molar-refractivity contribution in [3.8, 4) is 0 Å². The number of benzene rings is 2. The zero-order chi connectivity index (χ0) is 16.8. The van der Waals surface area contributed by atoms with E-state index in [1.54, 1.807) is 26.0 Å². The van der Waals surface area contributed by atoms with Crippen molar-refractivity contribution in [2.75, 3.05) is 10.8 Å². The molecule has 0 aliphatic carbocycles. The van der Waals surface area contributed by atoms with Gasteiger partial charge in [0.05, 0.1) is 16.6 Å². The van der Waals surface area contributed by atoms with E-state index in [4.69, 9.17) is 0 Å². The van der Waals surface area contributed by atoms with Crippen molar-refractivity contribution in [2.24, 2.45) is 0 Å². The molecule has 2 aromatic rings. The van der Waals surface area contributed by atoms with E-state index in [1.807, 2.05) is 12.1 Å². The highest BCUT2D eigenvalue weighted by molar-refractivity contribution is 7.93. The largest absolute Gasteiger partial charge is 0.545 e. The van der Waals surface area contributed by atoms with Crippen molar-refractivity contribution in [2.45, 2.75) is 25.2 Å². The third-order valence-electron chi connectivity index (χ3n) is 4.27. The van der Waals surface area contributed by atoms with Crippen molar-refractivity contribution in [3.63, 3.8) is 0 Å². The van der Waals surface area contributed by atoms with Crippen molar-refractivity contribution in [1.82, 2.24) is 0 Å². The minimum Gasteiger partial charge on any atom is -0.545 e. The van der Waals surface area contributed by atoms with E-state index in [-0.39, 0.29) is 10.5 Å². The highest BCUT2D eigenvalue weighted by Crippen LogP contribution is 2.34. The molecule has 0 saturated heterocycles. The van der Waals surface area contributed by atoms with Crippen LogP contribution in [0.5, 0.6) is 0 Å². The zero-order valence-corrected chi connectivity index (χ0v) is 13.7. The van der Waals surface area contributed by atoms with Gasteiger partial charge in [0.1, 0.15) is 0 Å². The van der Waals surface area contributed by atoms with E-state index in [2.05, 4.69) is 0 Å². The van der Waals surface area contributed by atoms with Gasteiger partial charge in [-0.25, -0.2) is 8.42 Å². The number of hydrogen-bond acceptors (Lipinski definition) is 4. The maximum Gasteiger partial charge on any atom is 0.264 e. The maximum absolute atomic E-state index is 13.1. The number of nitrogens with zero attached hydrogens (tertiary/aromatic N) is 1. The van der Waals surface area contributed by atoms with Gasteiger partial charge in [0.25, 0.3) is 10.0 Å². The Kier molecular flexibility index (Phi) is 3.64. The molecule has 5 nitrogen and oxygen atoms in total. The van der Waals surface area contributed by atoms with Crippen LogP contribution in [0.2, 0.25) is 0 Å². The van der Waals surface area contributed by atoms with Gasteiger partial charge < -0.3 is 9.90 Å². The fourth-order valence-corrected chi connectivity index (χ4v) is 4.72. The van der Waals surface area contributed by atoms with Crippen molar-refractivity contribution in [3.05, 3.63) is 58.7 Å². The number of anilines is 1. The Labute approximate surface area is 135 Å². The van der Waals surface area contributed by atoms with Crippen LogP contribution in [-0.2, 0) is 16.4 Å². The smallest absolute Gasteiger partial charge is 0.264 e. The number of rotatable bonds is 3. The summed E-state index contributed by atoms with van der Waals surface area (Å²) in [4.78, 5) is 11.2. The molecule has 1 aliphatic heterocycles. The Hall–Kier alpha value is -2.34. The van der Waals surface area contributed by atoms with Gasteiger partial charge in [-0.05, 0) is 60.7 Å². The minimum absolute atomic E-state index is 0.0217. The van der Waals surface area contributed by atoms with E-state index < -0.39 is 16.0 Å². The van der Waals surface area contributed by atoms with E-state index in [0.29, 0.717) is 29.8 Å². The number of aryl methyl sites for hydroxylation is 1. The quantitative estimate of drug-likeness (QED) is 0.853. The molecule has 0 radical (unpaired) electrons. The van der Waals surface area contributed by atoms with Gasteiger partial charge in [0.15, 0.2) is 0 Å². The molecular formula is C17H16NO4S-. The van der Waals surface area contributed by atoms with E-state index >= 15 is 0 Å². The predicted molar refractivity (Wildman–Crippen MR) is 84.9 cm³/mol. The number of carboxylic acid groups (broad SMARTS) is 1. The molecule has 23 heavy (non-hydrogen) atoms. The average molecular weight is 330 g/mol. The SMILES string of the molecule is Cc1cc(C(=O)[O-])cc(S(=O)(=O)N2CCc3ccccc32)c1C. The van der Waals surface area contributed by atoms with Crippen molar-refractivity contribution >= 4 is 21.7 Å². The third kappa shape index (κ3) is 2.49. The van der Waals surface area contributed by atoms with Crippen LogP contribution in [0.15, 0.2) is 41.3 Å². The summed E-state index contributed by atoms with van der Waals surface area (Å²) >= 11 is 0. The fourth-order valence-electron chi connectivity index (χ4n) is 2.89. The molecule has 1 aliphatic rings. The van der Waals surface area contributed by atoms with Crippen LogP contribution in [-0.4, -0.2) is 20.9 Å². The van der Waals surface area contributed by atoms with Gasteiger partial charge in [-0.1, -0.05) is 18.2 Å². The number of fused-ring (bicyclic) bond motifs is 1. The van der Waals surface area contributed by atoms with Crippen LogP contribution in [0.1, 0.15) is 27.0 Å². The first-order chi connectivity index (χ1) is 10.8. The monoisotopic (exact) mass is 330 g/mol. The van der Waals surface area contributed by atoms with Gasteiger partial charge in [-0.15, -0.1) is 0 Å². The molecule has 2 aromatic carbocycles. The van der Waals surface area contributed by atoms with Gasteiger partial charge in [-0.3, -0.25) is 4.31 Å². The second-order valence-electron chi connectivity index (χ2n) is 5.66. The predicted octanol–water partition coefficient (Wildman–Crippen LogP) is 1.42. The molecule has 0 fully saturated rings. The zero-order valence-electron chi connectivity index (χ0n) is 12.9. The Bertz CT molecular complexity index is 903. The normalized spacial score (nSPS) is 13.9. The van der Waals surface area contributed by atoms with Crippen molar-refractivity contribution < 1.29 is 18.3 Å². The van der Waals surface area contributed by atoms with Crippen LogP contribution >= 0.6 is 0 Å². The fraction of sp³-hybridized carbons (Fsp3) is 0.235. The lowest BCUT2D eigenvalue weighted by molar-refractivity contribution is -0.255. The van der Waals surface area contributed by atoms with E-state index in [1.165, 1.54) is 16.4 Å². The Morgan fingerprint density at radius 1 is 1.17 bits per heavy atom. The number of hydrogen-bond donors (Lipinski definition) is 0. The number of para-hydroxylation sites is 1. The summed E-state index contributed by atoms with van der Waals surface area (Å²) in [6, 6.07) is 9.96. The molecule has 0 amide bonds. The van der Waals surface area contributed by atoms with Gasteiger partial charge in [0.2, 0.25) is 0 Å². The summed E-state index contributed by atoms with van der Waals surface area (Å²) in [5, 5.41) is 11.1. The van der Waals surface area contributed by atoms with Crippen LogP contribution in [0.25, 0.3) is 0 Å². The van der Waals surface area contributed by atoms with Crippen LogP contribution < -0.4 is 9.41 Å². The molecule has 0 unspecified atom stereocenters. The Morgan fingerprint density at radius 3 is 2.57 bits per heavy atom. The number of aromatic carboxylic acids is 1. The first kappa shape index (κ1) is 15.6. The lowest BCUT2D eigenvalue weighted by Crippen LogP contribution is -2.30. The summed E-state index contributed by atoms with van der Waals surface area (Å²) in [6.45, 7) is 3.73. The highest BCUT2D eigenvalue weighted by Gasteiger charge is 2.32. The number of carbonyl (C=O) groups is 1. The Balaban J connectivity index is 2.17.